The second-order valence-corrected chi connectivity index (χ2v) is 7.79. The van der Waals surface area contributed by atoms with Crippen molar-refractivity contribution in [3.63, 3.8) is 0 Å². The lowest BCUT2D eigenvalue weighted by atomic mass is 10.1. The molecule has 1 aromatic rings. The zero-order chi connectivity index (χ0) is 16.2. The Labute approximate surface area is 143 Å². The quantitative estimate of drug-likeness (QED) is 0.844. The van der Waals surface area contributed by atoms with E-state index in [9.17, 15) is 4.79 Å². The Hall–Kier alpha value is -1.01. The lowest BCUT2D eigenvalue weighted by Gasteiger charge is -2.40. The van der Waals surface area contributed by atoms with Gasteiger partial charge in [0.15, 0.2) is 0 Å². The van der Waals surface area contributed by atoms with Crippen LogP contribution in [0.3, 0.4) is 0 Å². The highest BCUT2D eigenvalue weighted by atomic mass is 32.2. The molecule has 5 nitrogen and oxygen atoms in total. The Morgan fingerprint density at radius 1 is 1.26 bits per heavy atom. The van der Waals surface area contributed by atoms with Gasteiger partial charge in [-0.3, -0.25) is 14.4 Å². The van der Waals surface area contributed by atoms with Crippen molar-refractivity contribution in [3.05, 3.63) is 17.5 Å². The summed E-state index contributed by atoms with van der Waals surface area (Å²) in [5.41, 5.74) is 1.76. The third-order valence-corrected chi connectivity index (χ3v) is 6.01. The molecule has 1 amide bonds. The maximum atomic E-state index is 12.8. The fraction of sp³-hybridized carbons (Fsp3) is 0.765. The lowest BCUT2D eigenvalue weighted by Crippen LogP contribution is -2.52. The van der Waals surface area contributed by atoms with E-state index >= 15 is 0 Å². The average Bonchev–Trinajstić information content (AvgIpc) is 2.96. The van der Waals surface area contributed by atoms with Crippen molar-refractivity contribution < 1.29 is 4.79 Å². The number of aromatic nitrogens is 2. The van der Waals surface area contributed by atoms with Crippen LogP contribution in [0.4, 0.5) is 0 Å². The predicted octanol–water partition coefficient (Wildman–Crippen LogP) is 2.03. The molecule has 0 bridgehead atoms. The first-order valence-electron chi connectivity index (χ1n) is 8.83. The zero-order valence-electron chi connectivity index (χ0n) is 14.3. The normalized spacial score (nSPS) is 20.9. The number of piperazine rings is 1. The highest BCUT2D eigenvalue weighted by Gasteiger charge is 2.28. The van der Waals surface area contributed by atoms with Crippen molar-refractivity contribution in [1.29, 1.82) is 0 Å². The summed E-state index contributed by atoms with van der Waals surface area (Å²) in [6, 6.07) is 2.71. The number of amides is 1. The second-order valence-electron chi connectivity index (χ2n) is 6.57. The summed E-state index contributed by atoms with van der Waals surface area (Å²) < 4.78 is 1.75. The number of carbonyl (C=O) groups is 1. The SMILES string of the molecule is CCCc1cc(C(=O)N2CCN(C3CCSCC3)CC2)n(C)n1. The minimum absolute atomic E-state index is 0.140. The number of hydrogen-bond donors (Lipinski definition) is 0. The monoisotopic (exact) mass is 336 g/mol. The standard InChI is InChI=1S/C17H28N4OS/c1-3-4-14-13-16(19(2)18-14)17(22)21-9-7-20(8-10-21)15-5-11-23-12-6-15/h13,15H,3-12H2,1-2H3. The molecule has 0 aliphatic carbocycles. The molecule has 6 heteroatoms. The molecule has 0 N–H and O–H groups in total. The minimum Gasteiger partial charge on any atom is -0.335 e. The Morgan fingerprint density at radius 2 is 1.96 bits per heavy atom. The Bertz CT molecular complexity index is 531. The van der Waals surface area contributed by atoms with E-state index in [1.165, 1.54) is 24.3 Å². The molecule has 1 aromatic heterocycles. The summed E-state index contributed by atoms with van der Waals surface area (Å²) in [5, 5.41) is 4.46. The molecule has 2 fully saturated rings. The van der Waals surface area contributed by atoms with Gasteiger partial charge in [0.1, 0.15) is 5.69 Å². The molecule has 23 heavy (non-hydrogen) atoms. The van der Waals surface area contributed by atoms with E-state index in [1.807, 2.05) is 18.0 Å². The van der Waals surface area contributed by atoms with Crippen molar-refractivity contribution >= 4 is 17.7 Å². The van der Waals surface area contributed by atoms with Gasteiger partial charge >= 0.3 is 0 Å². The van der Waals surface area contributed by atoms with Crippen molar-refractivity contribution in [2.24, 2.45) is 7.05 Å². The van der Waals surface area contributed by atoms with Gasteiger partial charge in [-0.15, -0.1) is 0 Å². The first-order chi connectivity index (χ1) is 11.2. The highest BCUT2D eigenvalue weighted by molar-refractivity contribution is 7.99. The minimum atomic E-state index is 0.140. The van der Waals surface area contributed by atoms with Gasteiger partial charge in [-0.05, 0) is 36.8 Å². The van der Waals surface area contributed by atoms with Crippen molar-refractivity contribution in [3.8, 4) is 0 Å². The number of thioether (sulfide) groups is 1. The third kappa shape index (κ3) is 3.91. The average molecular weight is 337 g/mol. The van der Waals surface area contributed by atoms with Gasteiger partial charge in [0.2, 0.25) is 0 Å². The van der Waals surface area contributed by atoms with E-state index in [4.69, 9.17) is 0 Å². The molecule has 0 aromatic carbocycles. The van der Waals surface area contributed by atoms with Crippen LogP contribution in [-0.4, -0.2) is 69.2 Å². The van der Waals surface area contributed by atoms with E-state index in [-0.39, 0.29) is 5.91 Å². The number of rotatable bonds is 4. The number of aryl methyl sites for hydroxylation is 2. The maximum Gasteiger partial charge on any atom is 0.272 e. The van der Waals surface area contributed by atoms with Gasteiger partial charge in [-0.25, -0.2) is 0 Å². The number of carbonyl (C=O) groups excluding carboxylic acids is 1. The van der Waals surface area contributed by atoms with Crippen LogP contribution in [0.25, 0.3) is 0 Å². The summed E-state index contributed by atoms with van der Waals surface area (Å²) in [4.78, 5) is 17.4. The summed E-state index contributed by atoms with van der Waals surface area (Å²) >= 11 is 2.07. The van der Waals surface area contributed by atoms with Gasteiger partial charge in [0.25, 0.3) is 5.91 Å². The van der Waals surface area contributed by atoms with Gasteiger partial charge in [-0.2, -0.15) is 16.9 Å². The zero-order valence-corrected chi connectivity index (χ0v) is 15.1. The molecule has 2 aliphatic heterocycles. The van der Waals surface area contributed by atoms with E-state index in [2.05, 4.69) is 28.7 Å². The predicted molar refractivity (Wildman–Crippen MR) is 95.0 cm³/mol. The summed E-state index contributed by atoms with van der Waals surface area (Å²) in [6.45, 7) is 5.86. The van der Waals surface area contributed by atoms with Crippen LogP contribution in [-0.2, 0) is 13.5 Å². The molecule has 0 radical (unpaired) electrons. The highest BCUT2D eigenvalue weighted by Crippen LogP contribution is 2.23. The number of nitrogens with zero attached hydrogens (tertiary/aromatic N) is 4. The molecule has 3 rings (SSSR count). The molecule has 0 atom stereocenters. The first-order valence-corrected chi connectivity index (χ1v) is 9.98. The Balaban J connectivity index is 1.57. The van der Waals surface area contributed by atoms with Crippen molar-refractivity contribution in [2.75, 3.05) is 37.7 Å². The molecular weight excluding hydrogens is 308 g/mol. The van der Waals surface area contributed by atoms with Crippen LogP contribution in [0.2, 0.25) is 0 Å². The van der Waals surface area contributed by atoms with Crippen LogP contribution in [0.1, 0.15) is 42.4 Å². The van der Waals surface area contributed by atoms with Crippen molar-refractivity contribution in [2.45, 2.75) is 38.6 Å². The van der Waals surface area contributed by atoms with Gasteiger partial charge in [0, 0.05) is 39.3 Å². The van der Waals surface area contributed by atoms with Crippen LogP contribution in [0.15, 0.2) is 6.07 Å². The smallest absolute Gasteiger partial charge is 0.272 e. The molecule has 3 heterocycles. The number of hydrogen-bond acceptors (Lipinski definition) is 4. The molecule has 0 spiro atoms. The Kier molecular flexibility index (Phi) is 5.64. The van der Waals surface area contributed by atoms with Gasteiger partial charge < -0.3 is 4.90 Å². The van der Waals surface area contributed by atoms with Crippen LogP contribution in [0.5, 0.6) is 0 Å². The topological polar surface area (TPSA) is 41.4 Å². The first kappa shape index (κ1) is 16.8. The van der Waals surface area contributed by atoms with E-state index in [1.54, 1.807) is 4.68 Å². The van der Waals surface area contributed by atoms with Crippen molar-refractivity contribution in [1.82, 2.24) is 19.6 Å². The third-order valence-electron chi connectivity index (χ3n) is 4.96. The van der Waals surface area contributed by atoms with E-state index in [0.29, 0.717) is 0 Å². The lowest BCUT2D eigenvalue weighted by molar-refractivity contribution is 0.0549. The molecule has 0 saturated carbocycles. The maximum absolute atomic E-state index is 12.8. The Morgan fingerprint density at radius 3 is 2.61 bits per heavy atom. The van der Waals surface area contributed by atoms with Crippen LogP contribution in [0, 0.1) is 0 Å². The molecule has 0 unspecified atom stereocenters. The summed E-state index contributed by atoms with van der Waals surface area (Å²) in [5.74, 6) is 2.72. The molecule has 2 aliphatic rings. The van der Waals surface area contributed by atoms with E-state index in [0.717, 1.165) is 56.5 Å². The fourth-order valence-electron chi connectivity index (χ4n) is 3.61. The summed E-state index contributed by atoms with van der Waals surface area (Å²) in [7, 11) is 1.88. The largest absolute Gasteiger partial charge is 0.335 e. The van der Waals surface area contributed by atoms with Crippen LogP contribution < -0.4 is 0 Å². The molecule has 2 saturated heterocycles. The van der Waals surface area contributed by atoms with Gasteiger partial charge in [0.05, 0.1) is 5.69 Å². The van der Waals surface area contributed by atoms with E-state index < -0.39 is 0 Å². The fourth-order valence-corrected chi connectivity index (χ4v) is 4.69. The molecule has 128 valence electrons. The molecular formula is C17H28N4OS. The second kappa shape index (κ2) is 7.71. The van der Waals surface area contributed by atoms with Gasteiger partial charge in [-0.1, -0.05) is 13.3 Å². The summed E-state index contributed by atoms with van der Waals surface area (Å²) in [6.07, 6.45) is 4.61. The van der Waals surface area contributed by atoms with Crippen LogP contribution >= 0.6 is 11.8 Å².